The number of hydrogen-bond donors (Lipinski definition) is 2. The molecule has 3 heteroatoms. The standard InChI is InChI=1S/C15H23NO2/c1-11-4-7-14(8-12(11)2)18-10-15(9-17,16-3)13-5-6-13/h4,7-8,13,16-17H,5-6,9-10H2,1-3H3. The zero-order valence-electron chi connectivity index (χ0n) is 11.5. The van der Waals surface area contributed by atoms with Crippen LogP contribution in [0.15, 0.2) is 18.2 Å². The molecule has 0 aliphatic heterocycles. The topological polar surface area (TPSA) is 41.5 Å². The Bertz CT molecular complexity index is 409. The molecule has 0 radical (unpaired) electrons. The van der Waals surface area contributed by atoms with Crippen molar-refractivity contribution in [3.05, 3.63) is 29.3 Å². The van der Waals surface area contributed by atoms with Crippen LogP contribution in [0.5, 0.6) is 5.75 Å². The van der Waals surface area contributed by atoms with Crippen LogP contribution in [0.25, 0.3) is 0 Å². The maximum Gasteiger partial charge on any atom is 0.119 e. The van der Waals surface area contributed by atoms with Crippen molar-refractivity contribution in [1.82, 2.24) is 5.32 Å². The zero-order chi connectivity index (χ0) is 13.2. The van der Waals surface area contributed by atoms with Crippen LogP contribution < -0.4 is 10.1 Å². The van der Waals surface area contributed by atoms with Crippen molar-refractivity contribution >= 4 is 0 Å². The SMILES string of the molecule is CNC(CO)(COc1ccc(C)c(C)c1)C1CC1. The molecule has 1 atom stereocenters. The lowest BCUT2D eigenvalue weighted by molar-refractivity contribution is 0.0914. The number of ether oxygens (including phenoxy) is 1. The van der Waals surface area contributed by atoms with Crippen molar-refractivity contribution in [3.63, 3.8) is 0 Å². The molecule has 1 unspecified atom stereocenters. The molecule has 0 amide bonds. The molecule has 1 aromatic rings. The summed E-state index contributed by atoms with van der Waals surface area (Å²) in [6.07, 6.45) is 2.36. The normalized spacial score (nSPS) is 18.4. The van der Waals surface area contributed by atoms with Crippen molar-refractivity contribution < 1.29 is 9.84 Å². The predicted molar refractivity (Wildman–Crippen MR) is 73.0 cm³/mol. The largest absolute Gasteiger partial charge is 0.492 e. The van der Waals surface area contributed by atoms with Gasteiger partial charge in [-0.2, -0.15) is 0 Å². The van der Waals surface area contributed by atoms with Gasteiger partial charge in [0.1, 0.15) is 12.4 Å². The fraction of sp³-hybridized carbons (Fsp3) is 0.600. The molecule has 1 fully saturated rings. The Morgan fingerprint density at radius 2 is 2.06 bits per heavy atom. The summed E-state index contributed by atoms with van der Waals surface area (Å²) in [7, 11) is 1.90. The monoisotopic (exact) mass is 249 g/mol. The number of nitrogens with one attached hydrogen (secondary N) is 1. The third-order valence-electron chi connectivity index (χ3n) is 4.11. The van der Waals surface area contributed by atoms with E-state index in [4.69, 9.17) is 4.74 Å². The Kier molecular flexibility index (Phi) is 3.93. The molecule has 3 nitrogen and oxygen atoms in total. The third-order valence-corrected chi connectivity index (χ3v) is 4.11. The number of aliphatic hydroxyl groups is 1. The summed E-state index contributed by atoms with van der Waals surface area (Å²) in [5, 5.41) is 12.9. The highest BCUT2D eigenvalue weighted by Crippen LogP contribution is 2.39. The van der Waals surface area contributed by atoms with Crippen LogP contribution >= 0.6 is 0 Å². The van der Waals surface area contributed by atoms with Gasteiger partial charge in [-0.1, -0.05) is 6.07 Å². The molecule has 1 aliphatic carbocycles. The molecule has 100 valence electrons. The van der Waals surface area contributed by atoms with E-state index in [0.29, 0.717) is 12.5 Å². The summed E-state index contributed by atoms with van der Waals surface area (Å²) in [6.45, 7) is 4.82. The Morgan fingerprint density at radius 1 is 1.33 bits per heavy atom. The first-order chi connectivity index (χ1) is 8.61. The molecule has 0 spiro atoms. The van der Waals surface area contributed by atoms with Crippen molar-refractivity contribution in [2.24, 2.45) is 5.92 Å². The predicted octanol–water partition coefficient (Wildman–Crippen LogP) is 2.04. The van der Waals surface area contributed by atoms with Crippen LogP contribution in [0.1, 0.15) is 24.0 Å². The van der Waals surface area contributed by atoms with Crippen LogP contribution in [0.3, 0.4) is 0 Å². The summed E-state index contributed by atoms with van der Waals surface area (Å²) < 4.78 is 5.87. The van der Waals surface area contributed by atoms with Crippen LogP contribution in [0.2, 0.25) is 0 Å². The van der Waals surface area contributed by atoms with Gasteiger partial charge in [0.25, 0.3) is 0 Å². The maximum absolute atomic E-state index is 9.62. The maximum atomic E-state index is 9.62. The van der Waals surface area contributed by atoms with Gasteiger partial charge in [0.2, 0.25) is 0 Å². The summed E-state index contributed by atoms with van der Waals surface area (Å²) in [5.74, 6) is 1.42. The molecule has 0 saturated heterocycles. The van der Waals surface area contributed by atoms with Gasteiger partial charge >= 0.3 is 0 Å². The van der Waals surface area contributed by atoms with Crippen LogP contribution in [-0.2, 0) is 0 Å². The smallest absolute Gasteiger partial charge is 0.119 e. The van der Waals surface area contributed by atoms with E-state index in [0.717, 1.165) is 5.75 Å². The van der Waals surface area contributed by atoms with Gasteiger partial charge in [0, 0.05) is 0 Å². The quantitative estimate of drug-likeness (QED) is 0.810. The van der Waals surface area contributed by atoms with E-state index in [1.165, 1.54) is 24.0 Å². The van der Waals surface area contributed by atoms with Crippen LogP contribution in [0.4, 0.5) is 0 Å². The molecule has 0 heterocycles. The fourth-order valence-electron chi connectivity index (χ4n) is 2.30. The number of aliphatic hydroxyl groups excluding tert-OH is 1. The van der Waals surface area contributed by atoms with E-state index in [2.05, 4.69) is 31.3 Å². The van der Waals surface area contributed by atoms with E-state index in [9.17, 15) is 5.11 Å². The highest BCUT2D eigenvalue weighted by molar-refractivity contribution is 5.33. The molecule has 2 rings (SSSR count). The molecule has 0 aromatic heterocycles. The lowest BCUT2D eigenvalue weighted by Crippen LogP contribution is -2.53. The van der Waals surface area contributed by atoms with Gasteiger partial charge in [-0.05, 0) is 62.9 Å². The lowest BCUT2D eigenvalue weighted by Gasteiger charge is -2.31. The Labute approximate surface area is 109 Å². The van der Waals surface area contributed by atoms with E-state index >= 15 is 0 Å². The van der Waals surface area contributed by atoms with Gasteiger partial charge in [-0.3, -0.25) is 0 Å². The Morgan fingerprint density at radius 3 is 2.56 bits per heavy atom. The molecular formula is C15H23NO2. The third kappa shape index (κ3) is 2.68. The van der Waals surface area contributed by atoms with Crippen LogP contribution in [-0.4, -0.2) is 30.9 Å². The van der Waals surface area contributed by atoms with E-state index in [-0.39, 0.29) is 12.1 Å². The van der Waals surface area contributed by atoms with Crippen LogP contribution in [0, 0.1) is 19.8 Å². The second-order valence-electron chi connectivity index (χ2n) is 5.37. The number of likely N-dealkylation sites (N-methyl/N-ethyl adjacent to an activating group) is 1. The van der Waals surface area contributed by atoms with Crippen molar-refractivity contribution in [3.8, 4) is 5.75 Å². The van der Waals surface area contributed by atoms with Gasteiger partial charge in [-0.25, -0.2) is 0 Å². The minimum absolute atomic E-state index is 0.124. The summed E-state index contributed by atoms with van der Waals surface area (Å²) in [6, 6.07) is 6.12. The first kappa shape index (κ1) is 13.4. The minimum atomic E-state index is -0.279. The highest BCUT2D eigenvalue weighted by atomic mass is 16.5. The first-order valence-electron chi connectivity index (χ1n) is 6.61. The van der Waals surface area contributed by atoms with E-state index in [1.807, 2.05) is 13.1 Å². The molecule has 1 saturated carbocycles. The molecule has 1 aliphatic rings. The van der Waals surface area contributed by atoms with Crippen molar-refractivity contribution in [1.29, 1.82) is 0 Å². The Balaban J connectivity index is 2.02. The van der Waals surface area contributed by atoms with Crippen molar-refractivity contribution in [2.45, 2.75) is 32.2 Å². The van der Waals surface area contributed by atoms with Gasteiger partial charge in [0.15, 0.2) is 0 Å². The summed E-state index contributed by atoms with van der Waals surface area (Å²) in [4.78, 5) is 0. The average molecular weight is 249 g/mol. The second kappa shape index (κ2) is 5.29. The van der Waals surface area contributed by atoms with Gasteiger partial charge in [-0.15, -0.1) is 0 Å². The van der Waals surface area contributed by atoms with Gasteiger partial charge < -0.3 is 15.2 Å². The molecule has 1 aromatic carbocycles. The fourth-order valence-corrected chi connectivity index (χ4v) is 2.30. The van der Waals surface area contributed by atoms with Crippen molar-refractivity contribution in [2.75, 3.05) is 20.3 Å². The first-order valence-corrected chi connectivity index (χ1v) is 6.61. The molecule has 18 heavy (non-hydrogen) atoms. The van der Waals surface area contributed by atoms with E-state index < -0.39 is 0 Å². The second-order valence-corrected chi connectivity index (χ2v) is 5.37. The average Bonchev–Trinajstić information content (AvgIpc) is 3.20. The molecule has 0 bridgehead atoms. The summed E-state index contributed by atoms with van der Waals surface area (Å²) in [5.41, 5.74) is 2.23. The zero-order valence-corrected chi connectivity index (χ0v) is 11.5. The number of aryl methyl sites for hydroxylation is 2. The molecular weight excluding hydrogens is 226 g/mol. The number of rotatable bonds is 6. The lowest BCUT2D eigenvalue weighted by atomic mass is 9.95. The molecule has 2 N–H and O–H groups in total. The number of hydrogen-bond acceptors (Lipinski definition) is 3. The summed E-state index contributed by atoms with van der Waals surface area (Å²) >= 11 is 0. The number of benzene rings is 1. The van der Waals surface area contributed by atoms with E-state index in [1.54, 1.807) is 0 Å². The highest BCUT2D eigenvalue weighted by Gasteiger charge is 2.44. The van der Waals surface area contributed by atoms with Gasteiger partial charge in [0.05, 0.1) is 12.1 Å². The Hall–Kier alpha value is -1.06. The minimum Gasteiger partial charge on any atom is -0.492 e.